The molecule has 2 amide bonds. The van der Waals surface area contributed by atoms with Crippen LogP contribution in [0.4, 0.5) is 16.2 Å². The molecule has 0 saturated carbocycles. The number of allylic oxidation sites excluding steroid dienone is 2. The number of aromatic hydroxyl groups is 2. The molecule has 7 N–H and O–H groups in total. The van der Waals surface area contributed by atoms with Gasteiger partial charge in [0.15, 0.2) is 0 Å². The van der Waals surface area contributed by atoms with Gasteiger partial charge in [0.2, 0.25) is 0 Å². The predicted octanol–water partition coefficient (Wildman–Crippen LogP) is 3.83. The van der Waals surface area contributed by atoms with Gasteiger partial charge in [-0.05, 0) is 31.8 Å². The van der Waals surface area contributed by atoms with Crippen molar-refractivity contribution in [3.8, 4) is 11.5 Å². The number of primary amides is 1. The standard InChI is InChI=1S/C28H41N3O7/c1-14-9-8-10-15(2)27(35)31-20-13-21(32)22(30-6)19(24(20)34)12-18(5)26(37-7)23(33)16(3)11-17(4)25(14)38-28(29)36/h8-11,13-14,16,18,23,25-26,30,32-34H,12H2,1-7H3,(H2,29,36)(H,31,35)/b9-8-,15-10+,17-11+/t14-,16-,18+,23+,25+,26-/m0/s1. The van der Waals surface area contributed by atoms with Crippen LogP contribution in [-0.4, -0.2) is 59.8 Å². The summed E-state index contributed by atoms with van der Waals surface area (Å²) in [7, 11) is 3.11. The molecule has 1 aromatic carbocycles. The first kappa shape index (κ1) is 30.7. The number of amides is 2. The Morgan fingerprint density at radius 2 is 1.84 bits per heavy atom. The van der Waals surface area contributed by atoms with Gasteiger partial charge in [0.05, 0.1) is 23.6 Å². The zero-order valence-corrected chi connectivity index (χ0v) is 23.1. The molecule has 0 aromatic heterocycles. The number of rotatable bonds is 3. The van der Waals surface area contributed by atoms with E-state index in [0.717, 1.165) is 0 Å². The van der Waals surface area contributed by atoms with E-state index in [9.17, 15) is 24.9 Å². The first-order valence-electron chi connectivity index (χ1n) is 12.6. The van der Waals surface area contributed by atoms with Crippen LogP contribution in [0, 0.1) is 17.8 Å². The first-order valence-corrected chi connectivity index (χ1v) is 12.6. The van der Waals surface area contributed by atoms with Crippen molar-refractivity contribution in [2.75, 3.05) is 24.8 Å². The number of phenolic OH excluding ortho intramolecular Hbond substituents is 2. The van der Waals surface area contributed by atoms with Crippen LogP contribution in [0.2, 0.25) is 0 Å². The molecule has 2 rings (SSSR count). The van der Waals surface area contributed by atoms with E-state index in [4.69, 9.17) is 15.2 Å². The van der Waals surface area contributed by atoms with E-state index in [0.29, 0.717) is 22.4 Å². The Hall–Kier alpha value is -3.50. The van der Waals surface area contributed by atoms with Crippen molar-refractivity contribution in [2.45, 2.75) is 59.4 Å². The van der Waals surface area contributed by atoms with E-state index in [2.05, 4.69) is 10.6 Å². The summed E-state index contributed by atoms with van der Waals surface area (Å²) in [4.78, 5) is 24.5. The molecule has 2 bridgehead atoms. The normalized spacial score (nSPS) is 30.9. The van der Waals surface area contributed by atoms with Crippen LogP contribution in [-0.2, 0) is 20.7 Å². The van der Waals surface area contributed by atoms with Crippen LogP contribution in [0.15, 0.2) is 41.5 Å². The minimum atomic E-state index is -0.953. The summed E-state index contributed by atoms with van der Waals surface area (Å²) < 4.78 is 11.1. The quantitative estimate of drug-likeness (QED) is 0.195. The number of phenols is 2. The third kappa shape index (κ3) is 7.29. The summed E-state index contributed by atoms with van der Waals surface area (Å²) in [5, 5.41) is 38.5. The smallest absolute Gasteiger partial charge is 0.405 e. The van der Waals surface area contributed by atoms with Crippen LogP contribution in [0.3, 0.4) is 0 Å². The lowest BCUT2D eigenvalue weighted by atomic mass is 9.85. The molecule has 10 heteroatoms. The molecule has 0 radical (unpaired) electrons. The van der Waals surface area contributed by atoms with E-state index in [1.807, 2.05) is 26.8 Å². The number of aliphatic hydroxyl groups excluding tert-OH is 1. The van der Waals surface area contributed by atoms with Crippen molar-refractivity contribution >= 4 is 23.4 Å². The average Bonchev–Trinajstić information content (AvgIpc) is 2.84. The number of benzene rings is 1. The number of ether oxygens (including phenoxy) is 2. The maximum atomic E-state index is 12.8. The van der Waals surface area contributed by atoms with Crippen LogP contribution in [0.5, 0.6) is 11.5 Å². The molecule has 1 aromatic rings. The first-order chi connectivity index (χ1) is 17.8. The number of nitrogens with two attached hydrogens (primary N) is 1. The number of aliphatic hydroxyl groups is 1. The molecular formula is C28H41N3O7. The Kier molecular flexibility index (Phi) is 10.8. The van der Waals surface area contributed by atoms with Crippen molar-refractivity contribution in [1.29, 1.82) is 0 Å². The zero-order valence-electron chi connectivity index (χ0n) is 23.1. The van der Waals surface area contributed by atoms with Crippen LogP contribution >= 0.6 is 0 Å². The van der Waals surface area contributed by atoms with Crippen molar-refractivity contribution in [2.24, 2.45) is 23.5 Å². The third-order valence-corrected chi connectivity index (χ3v) is 6.93. The van der Waals surface area contributed by atoms with E-state index in [1.165, 1.54) is 13.2 Å². The second-order valence-corrected chi connectivity index (χ2v) is 9.94. The van der Waals surface area contributed by atoms with Gasteiger partial charge in [0.1, 0.15) is 17.6 Å². The summed E-state index contributed by atoms with van der Waals surface area (Å²) in [6.07, 6.45) is 3.85. The lowest BCUT2D eigenvalue weighted by Gasteiger charge is -2.32. The highest BCUT2D eigenvalue weighted by Gasteiger charge is 2.32. The van der Waals surface area contributed by atoms with Crippen molar-refractivity contribution in [1.82, 2.24) is 0 Å². The SMILES string of the molecule is CNc1c(O)cc2c(O)c1C[C@@H](C)[C@H](OC)[C@H](O)[C@@H](C)/C=C(\C)[C@H](OC(N)=O)[C@@H](C)/C=C\C=C(/C)C(=O)N2. The Balaban J connectivity index is 2.67. The lowest BCUT2D eigenvalue weighted by Crippen LogP contribution is -2.39. The van der Waals surface area contributed by atoms with Gasteiger partial charge in [-0.15, -0.1) is 0 Å². The molecule has 1 heterocycles. The Morgan fingerprint density at radius 1 is 1.18 bits per heavy atom. The highest BCUT2D eigenvalue weighted by Crippen LogP contribution is 2.42. The molecular weight excluding hydrogens is 490 g/mol. The minimum Gasteiger partial charge on any atom is -0.506 e. The van der Waals surface area contributed by atoms with Crippen LogP contribution < -0.4 is 16.4 Å². The molecule has 38 heavy (non-hydrogen) atoms. The van der Waals surface area contributed by atoms with Crippen molar-refractivity contribution in [3.63, 3.8) is 0 Å². The Labute approximate surface area is 224 Å². The number of carbonyl (C=O) groups is 2. The average molecular weight is 532 g/mol. The van der Waals surface area contributed by atoms with Gasteiger partial charge in [-0.3, -0.25) is 4.79 Å². The molecule has 210 valence electrons. The number of hydrogen-bond donors (Lipinski definition) is 6. The van der Waals surface area contributed by atoms with Crippen molar-refractivity contribution < 1.29 is 34.4 Å². The number of methoxy groups -OCH3 is 1. The number of fused-ring (bicyclic) bond motifs is 2. The topological polar surface area (TPSA) is 163 Å². The minimum absolute atomic E-state index is 0.0521. The highest BCUT2D eigenvalue weighted by molar-refractivity contribution is 6.04. The summed E-state index contributed by atoms with van der Waals surface area (Å²) in [6.45, 7) is 8.94. The van der Waals surface area contributed by atoms with E-state index >= 15 is 0 Å². The summed E-state index contributed by atoms with van der Waals surface area (Å²) >= 11 is 0. The molecule has 10 nitrogen and oxygen atoms in total. The Bertz CT molecular complexity index is 1110. The number of carbonyl (C=O) groups excluding carboxylic acids is 2. The van der Waals surface area contributed by atoms with Gasteiger partial charge in [0, 0.05) is 43.2 Å². The van der Waals surface area contributed by atoms with Gasteiger partial charge in [0.25, 0.3) is 5.91 Å². The fraction of sp³-hybridized carbons (Fsp3) is 0.500. The fourth-order valence-electron chi connectivity index (χ4n) is 4.85. The lowest BCUT2D eigenvalue weighted by molar-refractivity contribution is -0.112. The van der Waals surface area contributed by atoms with E-state index < -0.39 is 36.2 Å². The van der Waals surface area contributed by atoms with Gasteiger partial charge in [-0.25, -0.2) is 4.79 Å². The molecule has 0 unspecified atom stereocenters. The van der Waals surface area contributed by atoms with E-state index in [-0.39, 0.29) is 35.4 Å². The number of anilines is 2. The van der Waals surface area contributed by atoms with Crippen LogP contribution in [0.25, 0.3) is 0 Å². The van der Waals surface area contributed by atoms with E-state index in [1.54, 1.807) is 39.1 Å². The molecule has 0 fully saturated rings. The monoisotopic (exact) mass is 531 g/mol. The number of nitrogens with one attached hydrogen (secondary N) is 2. The largest absolute Gasteiger partial charge is 0.506 e. The molecule has 0 saturated heterocycles. The van der Waals surface area contributed by atoms with Gasteiger partial charge >= 0.3 is 6.09 Å². The third-order valence-electron chi connectivity index (χ3n) is 6.93. The molecule has 0 spiro atoms. The molecule has 0 aliphatic carbocycles. The fourth-order valence-corrected chi connectivity index (χ4v) is 4.85. The maximum absolute atomic E-state index is 12.8. The van der Waals surface area contributed by atoms with Gasteiger partial charge in [-0.2, -0.15) is 0 Å². The second-order valence-electron chi connectivity index (χ2n) is 9.94. The molecule has 1 aliphatic heterocycles. The summed E-state index contributed by atoms with van der Waals surface area (Å²) in [6, 6.07) is 1.28. The maximum Gasteiger partial charge on any atom is 0.405 e. The molecule has 6 atom stereocenters. The number of hydrogen-bond acceptors (Lipinski definition) is 8. The second kappa shape index (κ2) is 13.3. The predicted molar refractivity (Wildman–Crippen MR) is 147 cm³/mol. The van der Waals surface area contributed by atoms with Gasteiger partial charge < -0.3 is 41.2 Å². The molecule has 1 aliphatic rings. The highest BCUT2D eigenvalue weighted by atomic mass is 16.6. The van der Waals surface area contributed by atoms with Crippen molar-refractivity contribution in [3.05, 3.63) is 47.1 Å². The summed E-state index contributed by atoms with van der Waals surface area (Å²) in [5.74, 6) is -1.83. The van der Waals surface area contributed by atoms with Crippen LogP contribution in [0.1, 0.15) is 40.2 Å². The van der Waals surface area contributed by atoms with Gasteiger partial charge in [-0.1, -0.05) is 45.1 Å². The Morgan fingerprint density at radius 3 is 2.42 bits per heavy atom. The zero-order chi connectivity index (χ0) is 28.7. The summed E-state index contributed by atoms with van der Waals surface area (Å²) in [5.41, 5.74) is 7.10.